The summed E-state index contributed by atoms with van der Waals surface area (Å²) in [4.78, 5) is 16.1. The average Bonchev–Trinajstić information content (AvgIpc) is 2.88. The highest BCUT2D eigenvalue weighted by atomic mass is 32.2. The molecule has 2 aromatic carbocycles. The molecule has 1 saturated heterocycles. The minimum Gasteiger partial charge on any atom is -0.377 e. The van der Waals surface area contributed by atoms with Gasteiger partial charge < -0.3 is 4.74 Å². The van der Waals surface area contributed by atoms with Crippen molar-refractivity contribution in [1.29, 1.82) is 0 Å². The van der Waals surface area contributed by atoms with Crippen molar-refractivity contribution in [3.63, 3.8) is 0 Å². The monoisotopic (exact) mass is 495 g/mol. The van der Waals surface area contributed by atoms with Crippen molar-refractivity contribution in [2.75, 3.05) is 13.2 Å². The van der Waals surface area contributed by atoms with Crippen molar-refractivity contribution in [2.45, 2.75) is 42.6 Å². The van der Waals surface area contributed by atoms with Gasteiger partial charge in [0.25, 0.3) is 5.91 Å². The number of amides is 1. The van der Waals surface area contributed by atoms with Gasteiger partial charge >= 0.3 is 0 Å². The molecule has 2 heterocycles. The predicted molar refractivity (Wildman–Crippen MR) is 132 cm³/mol. The second-order valence-electron chi connectivity index (χ2n) is 8.56. The van der Waals surface area contributed by atoms with Gasteiger partial charge in [0.15, 0.2) is 0 Å². The van der Waals surface area contributed by atoms with Crippen LogP contribution in [0.1, 0.15) is 47.7 Å². The lowest BCUT2D eigenvalue weighted by atomic mass is 9.92. The quantitative estimate of drug-likeness (QED) is 0.338. The molecular weight excluding hydrogens is 466 g/mol. The molecule has 9 heteroatoms. The third-order valence-electron chi connectivity index (χ3n) is 6.24. The molecule has 2 atom stereocenters. The first-order valence-electron chi connectivity index (χ1n) is 11.6. The predicted octanol–water partition coefficient (Wildman–Crippen LogP) is 3.89. The molecule has 3 aromatic rings. The summed E-state index contributed by atoms with van der Waals surface area (Å²) in [6.07, 6.45) is 4.50. The minimum atomic E-state index is -3.64. The molecule has 35 heavy (non-hydrogen) atoms. The van der Waals surface area contributed by atoms with E-state index in [4.69, 9.17) is 9.94 Å². The molecule has 1 amide bonds. The third-order valence-corrected chi connectivity index (χ3v) is 7.68. The number of hydrogen-bond acceptors (Lipinski definition) is 6. The number of ether oxygens (including phenoxy) is 1. The SMILES string of the molecule is O=C(NO)c1ccc(C2CCCC(CNS(=O)(=O)c3ccc(-c4ccccc4)cc3)OCC2)nc1. The molecule has 184 valence electrons. The number of hydroxylamine groups is 1. The van der Waals surface area contributed by atoms with E-state index in [1.807, 2.05) is 42.5 Å². The van der Waals surface area contributed by atoms with E-state index in [-0.39, 0.29) is 23.5 Å². The molecule has 1 aromatic heterocycles. The van der Waals surface area contributed by atoms with E-state index in [0.29, 0.717) is 12.2 Å². The molecule has 0 bridgehead atoms. The van der Waals surface area contributed by atoms with Gasteiger partial charge in [-0.2, -0.15) is 0 Å². The van der Waals surface area contributed by atoms with Gasteiger partial charge in [0, 0.05) is 31.0 Å². The van der Waals surface area contributed by atoms with Crippen LogP contribution in [0.3, 0.4) is 0 Å². The largest absolute Gasteiger partial charge is 0.377 e. The number of pyridine rings is 1. The summed E-state index contributed by atoms with van der Waals surface area (Å²) in [5.41, 5.74) is 4.76. The molecule has 0 saturated carbocycles. The molecular formula is C26H29N3O5S. The van der Waals surface area contributed by atoms with Gasteiger partial charge in [0.2, 0.25) is 10.0 Å². The number of carbonyl (C=O) groups is 1. The zero-order valence-corrected chi connectivity index (χ0v) is 20.1. The summed E-state index contributed by atoms with van der Waals surface area (Å²) in [7, 11) is -3.64. The van der Waals surface area contributed by atoms with Crippen molar-refractivity contribution in [3.05, 3.63) is 84.2 Å². The molecule has 0 spiro atoms. The average molecular weight is 496 g/mol. The molecule has 2 unspecified atom stereocenters. The maximum absolute atomic E-state index is 12.8. The van der Waals surface area contributed by atoms with Crippen LogP contribution >= 0.6 is 0 Å². The van der Waals surface area contributed by atoms with Crippen LogP contribution < -0.4 is 10.2 Å². The maximum Gasteiger partial charge on any atom is 0.276 e. The number of nitrogens with zero attached hydrogens (tertiary/aromatic N) is 1. The van der Waals surface area contributed by atoms with Gasteiger partial charge in [-0.25, -0.2) is 18.6 Å². The van der Waals surface area contributed by atoms with E-state index in [2.05, 4.69) is 9.71 Å². The normalized spacial score (nSPS) is 18.9. The van der Waals surface area contributed by atoms with E-state index >= 15 is 0 Å². The second kappa shape index (κ2) is 11.5. The number of hydrogen-bond donors (Lipinski definition) is 3. The fraction of sp³-hybridized carbons (Fsp3) is 0.308. The van der Waals surface area contributed by atoms with Crippen molar-refractivity contribution in [3.8, 4) is 11.1 Å². The Hall–Kier alpha value is -3.11. The molecule has 0 aliphatic carbocycles. The number of rotatable bonds is 7. The number of benzene rings is 2. The van der Waals surface area contributed by atoms with Crippen LogP contribution in [-0.4, -0.2) is 43.8 Å². The molecule has 8 nitrogen and oxygen atoms in total. The van der Waals surface area contributed by atoms with Gasteiger partial charge in [-0.1, -0.05) is 48.9 Å². The fourth-order valence-corrected chi connectivity index (χ4v) is 5.31. The van der Waals surface area contributed by atoms with Crippen molar-refractivity contribution in [2.24, 2.45) is 0 Å². The number of nitrogens with one attached hydrogen (secondary N) is 2. The van der Waals surface area contributed by atoms with E-state index in [0.717, 1.165) is 42.5 Å². The zero-order chi connectivity index (χ0) is 24.7. The van der Waals surface area contributed by atoms with Crippen LogP contribution in [0, 0.1) is 0 Å². The Kier molecular flexibility index (Phi) is 8.25. The Bertz CT molecular complexity index is 1210. The van der Waals surface area contributed by atoms with Gasteiger partial charge in [0.05, 0.1) is 16.6 Å². The molecule has 3 N–H and O–H groups in total. The van der Waals surface area contributed by atoms with E-state index < -0.39 is 15.9 Å². The molecule has 1 aliphatic heterocycles. The van der Waals surface area contributed by atoms with Crippen LogP contribution in [0.25, 0.3) is 11.1 Å². The number of sulfonamides is 1. The zero-order valence-electron chi connectivity index (χ0n) is 19.3. The highest BCUT2D eigenvalue weighted by molar-refractivity contribution is 7.89. The topological polar surface area (TPSA) is 118 Å². The van der Waals surface area contributed by atoms with Gasteiger partial charge in [-0.05, 0) is 54.7 Å². The van der Waals surface area contributed by atoms with Gasteiger partial charge in [-0.15, -0.1) is 0 Å². The summed E-state index contributed by atoms with van der Waals surface area (Å²) < 4.78 is 34.2. The number of aromatic nitrogens is 1. The summed E-state index contributed by atoms with van der Waals surface area (Å²) >= 11 is 0. The van der Waals surface area contributed by atoms with E-state index in [9.17, 15) is 13.2 Å². The Labute approximate surface area is 205 Å². The van der Waals surface area contributed by atoms with Crippen LogP contribution in [-0.2, 0) is 14.8 Å². The van der Waals surface area contributed by atoms with Crippen LogP contribution in [0.4, 0.5) is 0 Å². The Morgan fingerprint density at radius 3 is 2.40 bits per heavy atom. The highest BCUT2D eigenvalue weighted by Gasteiger charge is 2.22. The van der Waals surface area contributed by atoms with Crippen molar-refractivity contribution >= 4 is 15.9 Å². The Balaban J connectivity index is 1.29. The minimum absolute atomic E-state index is 0.196. The van der Waals surface area contributed by atoms with Crippen LogP contribution in [0.2, 0.25) is 0 Å². The smallest absolute Gasteiger partial charge is 0.276 e. The Morgan fingerprint density at radius 2 is 1.71 bits per heavy atom. The van der Waals surface area contributed by atoms with Gasteiger partial charge in [0.1, 0.15) is 0 Å². The molecule has 0 radical (unpaired) electrons. The fourth-order valence-electron chi connectivity index (χ4n) is 4.24. The highest BCUT2D eigenvalue weighted by Crippen LogP contribution is 2.28. The van der Waals surface area contributed by atoms with Crippen LogP contribution in [0.5, 0.6) is 0 Å². The maximum atomic E-state index is 12.8. The first-order chi connectivity index (χ1) is 17.0. The van der Waals surface area contributed by atoms with E-state index in [1.165, 1.54) is 6.20 Å². The lowest BCUT2D eigenvalue weighted by molar-refractivity contribution is 0.0350. The summed E-state index contributed by atoms with van der Waals surface area (Å²) in [6, 6.07) is 20.1. The molecule has 4 rings (SSSR count). The van der Waals surface area contributed by atoms with Crippen molar-refractivity contribution in [1.82, 2.24) is 15.2 Å². The lowest BCUT2D eigenvalue weighted by Crippen LogP contribution is -2.34. The molecule has 1 aliphatic rings. The first-order valence-corrected chi connectivity index (χ1v) is 13.1. The summed E-state index contributed by atoms with van der Waals surface area (Å²) in [5.74, 6) is -0.399. The first kappa shape index (κ1) is 25.0. The Morgan fingerprint density at radius 1 is 0.971 bits per heavy atom. The van der Waals surface area contributed by atoms with Gasteiger partial charge in [-0.3, -0.25) is 15.0 Å². The summed E-state index contributed by atoms with van der Waals surface area (Å²) in [6.45, 7) is 0.708. The number of carbonyl (C=O) groups excluding carboxylic acids is 1. The van der Waals surface area contributed by atoms with E-state index in [1.54, 1.807) is 29.7 Å². The summed E-state index contributed by atoms with van der Waals surface area (Å²) in [5, 5.41) is 8.73. The molecule has 1 fully saturated rings. The van der Waals surface area contributed by atoms with Crippen molar-refractivity contribution < 1.29 is 23.2 Å². The van der Waals surface area contributed by atoms with Crippen LogP contribution in [0.15, 0.2) is 77.8 Å². The second-order valence-corrected chi connectivity index (χ2v) is 10.3. The standard InChI is InChI=1S/C26H29N3O5S/c30-26(29-31)22-11-14-25(27-17-22)21-7-4-8-23(34-16-15-21)18-28-35(32,33)24-12-9-20(10-13-24)19-5-2-1-3-6-19/h1-3,5-6,9-14,17,21,23,28,31H,4,7-8,15-16,18H2,(H,29,30). The third kappa shape index (κ3) is 6.52. The lowest BCUT2D eigenvalue weighted by Gasteiger charge is -2.25.